The number of aryl methyl sites for hydroxylation is 1. The molecular weight excluding hydrogens is 382 g/mol. The number of benzene rings is 3. The van der Waals surface area contributed by atoms with Gasteiger partial charge in [0.1, 0.15) is 0 Å². The van der Waals surface area contributed by atoms with Crippen molar-refractivity contribution in [3.05, 3.63) is 77.9 Å². The topological polar surface area (TPSA) is 108 Å². The lowest BCUT2D eigenvalue weighted by Crippen LogP contribution is -2.15. The van der Waals surface area contributed by atoms with Crippen molar-refractivity contribution in [1.82, 2.24) is 0 Å². The number of amides is 3. The van der Waals surface area contributed by atoms with E-state index < -0.39 is 12.0 Å². The molecule has 0 fully saturated rings. The van der Waals surface area contributed by atoms with Crippen molar-refractivity contribution in [1.29, 1.82) is 0 Å². The molecule has 0 spiro atoms. The Balaban J connectivity index is 1.91. The number of carbonyl (C=O) groups excluding carboxylic acids is 2. The smallest absolute Gasteiger partial charge is 0.409 e. The van der Waals surface area contributed by atoms with E-state index >= 15 is 0 Å². The van der Waals surface area contributed by atoms with Crippen molar-refractivity contribution in [2.45, 2.75) is 13.8 Å². The fourth-order valence-electron chi connectivity index (χ4n) is 3.04. The number of hydrogen-bond donors (Lipinski definition) is 4. The summed E-state index contributed by atoms with van der Waals surface area (Å²) in [6.45, 7) is 3.38. The molecule has 0 heterocycles. The number of carboxylic acid groups (broad SMARTS) is 1. The molecular formula is C23H21N3O4. The first-order valence-corrected chi connectivity index (χ1v) is 9.22. The minimum Gasteiger partial charge on any atom is -0.465 e. The first kappa shape index (κ1) is 20.6. The number of rotatable bonds is 5. The van der Waals surface area contributed by atoms with Crippen LogP contribution in [0.3, 0.4) is 0 Å². The van der Waals surface area contributed by atoms with Crippen molar-refractivity contribution >= 4 is 35.0 Å². The summed E-state index contributed by atoms with van der Waals surface area (Å²) in [6.07, 6.45) is -1.23. The van der Waals surface area contributed by atoms with Crippen LogP contribution in [0, 0.1) is 6.92 Å². The van der Waals surface area contributed by atoms with E-state index in [4.69, 9.17) is 5.11 Å². The Bertz CT molecular complexity index is 1110. The predicted molar refractivity (Wildman–Crippen MR) is 117 cm³/mol. The van der Waals surface area contributed by atoms with Gasteiger partial charge < -0.3 is 15.7 Å². The van der Waals surface area contributed by atoms with Gasteiger partial charge in [-0.15, -0.1) is 0 Å². The Hall–Kier alpha value is -4.13. The van der Waals surface area contributed by atoms with Crippen LogP contribution in [0.15, 0.2) is 66.7 Å². The largest absolute Gasteiger partial charge is 0.465 e. The van der Waals surface area contributed by atoms with Crippen molar-refractivity contribution in [3.8, 4) is 11.1 Å². The molecule has 0 bridgehead atoms. The van der Waals surface area contributed by atoms with Gasteiger partial charge in [0.25, 0.3) is 5.91 Å². The first-order chi connectivity index (χ1) is 14.3. The molecule has 0 atom stereocenters. The third kappa shape index (κ3) is 5.02. The lowest BCUT2D eigenvalue weighted by Gasteiger charge is -2.14. The average Bonchev–Trinajstić information content (AvgIpc) is 2.69. The number of hydrogen-bond acceptors (Lipinski definition) is 3. The van der Waals surface area contributed by atoms with Crippen LogP contribution in [0.2, 0.25) is 0 Å². The molecule has 0 radical (unpaired) electrons. The summed E-state index contributed by atoms with van der Waals surface area (Å²) < 4.78 is 0. The highest BCUT2D eigenvalue weighted by atomic mass is 16.4. The van der Waals surface area contributed by atoms with Gasteiger partial charge in [-0.2, -0.15) is 0 Å². The van der Waals surface area contributed by atoms with Gasteiger partial charge in [-0.25, -0.2) is 4.79 Å². The van der Waals surface area contributed by atoms with E-state index in [9.17, 15) is 14.4 Å². The lowest BCUT2D eigenvalue weighted by molar-refractivity contribution is -0.114. The zero-order valence-corrected chi connectivity index (χ0v) is 16.5. The van der Waals surface area contributed by atoms with E-state index in [1.54, 1.807) is 42.5 Å². The molecule has 0 aliphatic heterocycles. The highest BCUT2D eigenvalue weighted by molar-refractivity contribution is 6.07. The summed E-state index contributed by atoms with van der Waals surface area (Å²) in [4.78, 5) is 35.0. The monoisotopic (exact) mass is 403 g/mol. The Morgan fingerprint density at radius 3 is 2.13 bits per heavy atom. The third-order valence-corrected chi connectivity index (χ3v) is 4.43. The molecule has 0 aliphatic carbocycles. The SMILES string of the molecule is CC(=O)Nc1ccc(C(=O)Nc2cc(-c3ccccc3C)ccc2NC(=O)O)cc1. The maximum atomic E-state index is 12.7. The summed E-state index contributed by atoms with van der Waals surface area (Å²) in [7, 11) is 0. The van der Waals surface area contributed by atoms with Crippen molar-refractivity contribution in [2.24, 2.45) is 0 Å². The van der Waals surface area contributed by atoms with Crippen molar-refractivity contribution < 1.29 is 19.5 Å². The van der Waals surface area contributed by atoms with Gasteiger partial charge in [0.05, 0.1) is 11.4 Å². The minimum atomic E-state index is -1.23. The summed E-state index contributed by atoms with van der Waals surface area (Å²) in [5.41, 5.74) is 4.44. The third-order valence-electron chi connectivity index (χ3n) is 4.43. The molecule has 30 heavy (non-hydrogen) atoms. The fourth-order valence-corrected chi connectivity index (χ4v) is 3.04. The summed E-state index contributed by atoms with van der Waals surface area (Å²) in [6, 6.07) is 19.3. The molecule has 0 saturated carbocycles. The highest BCUT2D eigenvalue weighted by Gasteiger charge is 2.13. The minimum absolute atomic E-state index is 0.204. The van der Waals surface area contributed by atoms with Crippen LogP contribution >= 0.6 is 0 Å². The summed E-state index contributed by atoms with van der Waals surface area (Å²) in [5, 5.41) is 16.8. The van der Waals surface area contributed by atoms with Crippen molar-refractivity contribution in [3.63, 3.8) is 0 Å². The summed E-state index contributed by atoms with van der Waals surface area (Å²) >= 11 is 0. The molecule has 4 N–H and O–H groups in total. The van der Waals surface area contributed by atoms with Gasteiger partial charge in [0.15, 0.2) is 0 Å². The molecule has 3 aromatic rings. The van der Waals surface area contributed by atoms with Crippen molar-refractivity contribution in [2.75, 3.05) is 16.0 Å². The molecule has 7 heteroatoms. The molecule has 7 nitrogen and oxygen atoms in total. The fraction of sp³-hybridized carbons (Fsp3) is 0.0870. The maximum absolute atomic E-state index is 12.7. The predicted octanol–water partition coefficient (Wildman–Crippen LogP) is 4.96. The van der Waals surface area contributed by atoms with Gasteiger partial charge in [-0.3, -0.25) is 14.9 Å². The lowest BCUT2D eigenvalue weighted by atomic mass is 9.99. The van der Waals surface area contributed by atoms with Gasteiger partial charge in [-0.05, 0) is 60.0 Å². The summed E-state index contributed by atoms with van der Waals surface area (Å²) in [5.74, 6) is -0.607. The van der Waals surface area contributed by atoms with E-state index in [0.717, 1.165) is 16.7 Å². The Kier molecular flexibility index (Phi) is 6.12. The highest BCUT2D eigenvalue weighted by Crippen LogP contribution is 2.31. The number of anilines is 3. The molecule has 152 valence electrons. The van der Waals surface area contributed by atoms with Crippen LogP contribution in [-0.2, 0) is 4.79 Å². The number of nitrogens with one attached hydrogen (secondary N) is 3. The quantitative estimate of drug-likeness (QED) is 0.483. The second-order valence-corrected chi connectivity index (χ2v) is 6.72. The molecule has 3 amide bonds. The van der Waals surface area contributed by atoms with E-state index in [1.807, 2.05) is 31.2 Å². The van der Waals surface area contributed by atoms with Crippen LogP contribution in [0.4, 0.5) is 21.9 Å². The van der Waals surface area contributed by atoms with Crippen LogP contribution < -0.4 is 16.0 Å². The normalized spacial score (nSPS) is 10.2. The Labute approximate surface area is 173 Å². The zero-order chi connectivity index (χ0) is 21.7. The number of carbonyl (C=O) groups is 3. The molecule has 0 unspecified atom stereocenters. The van der Waals surface area contributed by atoms with E-state index in [-0.39, 0.29) is 11.6 Å². The Morgan fingerprint density at radius 1 is 0.800 bits per heavy atom. The second kappa shape index (κ2) is 8.91. The molecule has 0 aromatic heterocycles. The molecule has 3 aromatic carbocycles. The van der Waals surface area contributed by atoms with Crippen LogP contribution in [0.5, 0.6) is 0 Å². The first-order valence-electron chi connectivity index (χ1n) is 9.22. The van der Waals surface area contributed by atoms with Crippen LogP contribution in [-0.4, -0.2) is 23.0 Å². The standard InChI is InChI=1S/C23H21N3O4/c1-14-5-3-4-6-19(14)17-9-12-20(26-23(29)30)21(13-17)25-22(28)16-7-10-18(11-8-16)24-15(2)27/h3-13,26H,1-2H3,(H,24,27)(H,25,28)(H,29,30). The molecule has 0 saturated heterocycles. The Morgan fingerprint density at radius 2 is 1.50 bits per heavy atom. The van der Waals surface area contributed by atoms with Gasteiger partial charge in [-0.1, -0.05) is 30.3 Å². The van der Waals surface area contributed by atoms with E-state index in [2.05, 4.69) is 16.0 Å². The van der Waals surface area contributed by atoms with Gasteiger partial charge in [0.2, 0.25) is 5.91 Å². The van der Waals surface area contributed by atoms with Gasteiger partial charge >= 0.3 is 6.09 Å². The molecule has 3 rings (SSSR count). The van der Waals surface area contributed by atoms with Gasteiger partial charge in [0, 0.05) is 18.2 Å². The molecule has 0 aliphatic rings. The van der Waals surface area contributed by atoms with E-state index in [1.165, 1.54) is 6.92 Å². The maximum Gasteiger partial charge on any atom is 0.409 e. The average molecular weight is 403 g/mol. The van der Waals surface area contributed by atoms with E-state index in [0.29, 0.717) is 16.9 Å². The zero-order valence-electron chi connectivity index (χ0n) is 16.5. The second-order valence-electron chi connectivity index (χ2n) is 6.72. The van der Waals surface area contributed by atoms with Crippen LogP contribution in [0.1, 0.15) is 22.8 Å². The van der Waals surface area contributed by atoms with Crippen LogP contribution in [0.25, 0.3) is 11.1 Å².